The molecule has 0 atom stereocenters. The molecule has 0 heterocycles. The quantitative estimate of drug-likeness (QED) is 0.306. The summed E-state index contributed by atoms with van der Waals surface area (Å²) in [4.78, 5) is 0. The van der Waals surface area contributed by atoms with Crippen LogP contribution < -0.4 is 11.6 Å². The minimum atomic E-state index is 0.160. The highest BCUT2D eigenvalue weighted by Crippen LogP contribution is 2.21. The van der Waals surface area contributed by atoms with Crippen LogP contribution in [0.15, 0.2) is 29.4 Å². The Labute approximate surface area is 84.8 Å². The van der Waals surface area contributed by atoms with Crippen LogP contribution in [-0.2, 0) is 5.41 Å². The van der Waals surface area contributed by atoms with Crippen molar-refractivity contribution < 1.29 is 0 Å². The third kappa shape index (κ3) is 2.25. The number of hydrogen-bond donors (Lipinski definition) is 2. The Hall–Kier alpha value is -1.51. The van der Waals surface area contributed by atoms with Gasteiger partial charge in [0.25, 0.3) is 0 Å². The Morgan fingerprint density at radius 1 is 1.14 bits per heavy atom. The van der Waals surface area contributed by atoms with Gasteiger partial charge in [-0.2, -0.15) is 5.10 Å². The van der Waals surface area contributed by atoms with E-state index in [2.05, 4.69) is 25.9 Å². The van der Waals surface area contributed by atoms with Crippen LogP contribution in [0.5, 0.6) is 0 Å². The van der Waals surface area contributed by atoms with E-state index in [4.69, 9.17) is 11.6 Å². The molecule has 0 aromatic heterocycles. The predicted molar refractivity (Wildman–Crippen MR) is 60.1 cm³/mol. The Morgan fingerprint density at radius 3 is 2.00 bits per heavy atom. The fourth-order valence-electron chi connectivity index (χ4n) is 1.22. The van der Waals surface area contributed by atoms with E-state index in [1.165, 1.54) is 5.56 Å². The SMILES string of the molecule is CC(C)(C)c1ccc(C(N)=NN)cc1. The van der Waals surface area contributed by atoms with Gasteiger partial charge in [-0.1, -0.05) is 45.0 Å². The summed E-state index contributed by atoms with van der Waals surface area (Å²) < 4.78 is 0. The largest absolute Gasteiger partial charge is 0.382 e. The molecule has 0 saturated heterocycles. The van der Waals surface area contributed by atoms with E-state index >= 15 is 0 Å². The highest BCUT2D eigenvalue weighted by molar-refractivity contribution is 5.97. The lowest BCUT2D eigenvalue weighted by atomic mass is 9.87. The van der Waals surface area contributed by atoms with Gasteiger partial charge >= 0.3 is 0 Å². The maximum absolute atomic E-state index is 5.58. The fourth-order valence-corrected chi connectivity index (χ4v) is 1.22. The van der Waals surface area contributed by atoms with Crippen molar-refractivity contribution in [2.24, 2.45) is 16.7 Å². The second-order valence-electron chi connectivity index (χ2n) is 4.34. The molecule has 76 valence electrons. The van der Waals surface area contributed by atoms with Crippen molar-refractivity contribution in [3.8, 4) is 0 Å². The molecule has 3 nitrogen and oxygen atoms in total. The first-order valence-corrected chi connectivity index (χ1v) is 4.59. The molecule has 0 aliphatic carbocycles. The summed E-state index contributed by atoms with van der Waals surface area (Å²) in [5, 5.41) is 3.44. The van der Waals surface area contributed by atoms with Gasteiger partial charge in [0.05, 0.1) is 0 Å². The lowest BCUT2D eigenvalue weighted by Crippen LogP contribution is -2.16. The van der Waals surface area contributed by atoms with E-state index in [1.54, 1.807) is 0 Å². The smallest absolute Gasteiger partial charge is 0.150 e. The number of nitrogens with two attached hydrogens (primary N) is 2. The van der Waals surface area contributed by atoms with Crippen LogP contribution in [0.25, 0.3) is 0 Å². The van der Waals surface area contributed by atoms with Gasteiger partial charge in [-0.25, -0.2) is 0 Å². The van der Waals surface area contributed by atoms with Crippen molar-refractivity contribution in [2.45, 2.75) is 26.2 Å². The molecule has 0 bridgehead atoms. The van der Waals surface area contributed by atoms with Gasteiger partial charge in [0.1, 0.15) is 5.84 Å². The number of hydrazone groups is 1. The maximum Gasteiger partial charge on any atom is 0.150 e. The number of amidine groups is 1. The van der Waals surface area contributed by atoms with Gasteiger partial charge in [0.2, 0.25) is 0 Å². The van der Waals surface area contributed by atoms with Crippen LogP contribution in [0, 0.1) is 0 Å². The summed E-state index contributed by atoms with van der Waals surface area (Å²) in [7, 11) is 0. The third-order valence-electron chi connectivity index (χ3n) is 2.19. The standard InChI is InChI=1S/C11H17N3/c1-11(2,3)9-6-4-8(5-7-9)10(12)14-13/h4-7H,13H2,1-3H3,(H2,12,14). The molecular formula is C11H17N3. The molecule has 0 saturated carbocycles. The molecular weight excluding hydrogens is 174 g/mol. The van der Waals surface area contributed by atoms with Crippen molar-refractivity contribution in [2.75, 3.05) is 0 Å². The zero-order valence-corrected chi connectivity index (χ0v) is 8.91. The summed E-state index contributed by atoms with van der Waals surface area (Å²) in [6.45, 7) is 6.51. The third-order valence-corrected chi connectivity index (χ3v) is 2.19. The summed E-state index contributed by atoms with van der Waals surface area (Å²) >= 11 is 0. The molecule has 0 fully saturated rings. The zero-order chi connectivity index (χ0) is 10.8. The summed E-state index contributed by atoms with van der Waals surface area (Å²) in [6.07, 6.45) is 0. The van der Waals surface area contributed by atoms with E-state index in [-0.39, 0.29) is 5.41 Å². The molecule has 0 aliphatic heterocycles. The first-order valence-electron chi connectivity index (χ1n) is 4.59. The number of benzene rings is 1. The van der Waals surface area contributed by atoms with Crippen molar-refractivity contribution >= 4 is 5.84 Å². The second kappa shape index (κ2) is 3.70. The minimum Gasteiger partial charge on any atom is -0.382 e. The Bertz CT molecular complexity index is 331. The van der Waals surface area contributed by atoms with Crippen molar-refractivity contribution in [1.82, 2.24) is 0 Å². The van der Waals surface area contributed by atoms with Crippen molar-refractivity contribution in [3.05, 3.63) is 35.4 Å². The van der Waals surface area contributed by atoms with Crippen LogP contribution in [0.2, 0.25) is 0 Å². The van der Waals surface area contributed by atoms with Crippen molar-refractivity contribution in [3.63, 3.8) is 0 Å². The van der Waals surface area contributed by atoms with Crippen LogP contribution in [0.1, 0.15) is 31.9 Å². The fraction of sp³-hybridized carbons (Fsp3) is 0.364. The second-order valence-corrected chi connectivity index (χ2v) is 4.34. The molecule has 0 spiro atoms. The van der Waals surface area contributed by atoms with Gasteiger partial charge in [0, 0.05) is 5.56 Å². The Morgan fingerprint density at radius 2 is 1.64 bits per heavy atom. The Balaban J connectivity index is 3.01. The molecule has 0 unspecified atom stereocenters. The van der Waals surface area contributed by atoms with Gasteiger partial charge in [-0.15, -0.1) is 0 Å². The van der Waals surface area contributed by atoms with E-state index < -0.39 is 0 Å². The van der Waals surface area contributed by atoms with Crippen LogP contribution >= 0.6 is 0 Å². The van der Waals surface area contributed by atoms with Gasteiger partial charge in [0.15, 0.2) is 0 Å². The summed E-state index contributed by atoms with van der Waals surface area (Å²) in [5.74, 6) is 5.46. The minimum absolute atomic E-state index is 0.160. The Kier molecular flexibility index (Phi) is 2.79. The number of rotatable bonds is 1. The summed E-state index contributed by atoms with van der Waals surface area (Å²) in [6, 6.07) is 7.97. The molecule has 1 aromatic carbocycles. The van der Waals surface area contributed by atoms with Gasteiger partial charge in [-0.05, 0) is 11.0 Å². The molecule has 14 heavy (non-hydrogen) atoms. The average Bonchev–Trinajstić information content (AvgIpc) is 2.15. The molecule has 0 amide bonds. The highest BCUT2D eigenvalue weighted by atomic mass is 15.1. The lowest BCUT2D eigenvalue weighted by molar-refractivity contribution is 0.590. The van der Waals surface area contributed by atoms with E-state index in [1.807, 2.05) is 24.3 Å². The summed E-state index contributed by atoms with van der Waals surface area (Å²) in [5.41, 5.74) is 7.87. The first kappa shape index (κ1) is 10.6. The maximum atomic E-state index is 5.58. The van der Waals surface area contributed by atoms with E-state index in [0.717, 1.165) is 5.56 Å². The predicted octanol–water partition coefficient (Wildman–Crippen LogP) is 1.56. The zero-order valence-electron chi connectivity index (χ0n) is 8.91. The highest BCUT2D eigenvalue weighted by Gasteiger charge is 2.12. The topological polar surface area (TPSA) is 64.4 Å². The lowest BCUT2D eigenvalue weighted by Gasteiger charge is -2.18. The van der Waals surface area contributed by atoms with Crippen LogP contribution in [-0.4, -0.2) is 5.84 Å². The molecule has 4 N–H and O–H groups in total. The number of hydrogen-bond acceptors (Lipinski definition) is 2. The van der Waals surface area contributed by atoms with Crippen LogP contribution in [0.3, 0.4) is 0 Å². The van der Waals surface area contributed by atoms with Crippen LogP contribution in [0.4, 0.5) is 0 Å². The molecule has 0 aliphatic rings. The normalized spacial score (nSPS) is 12.9. The average molecular weight is 191 g/mol. The van der Waals surface area contributed by atoms with Gasteiger partial charge in [-0.3, -0.25) is 0 Å². The first-order chi connectivity index (χ1) is 6.45. The molecule has 1 rings (SSSR count). The molecule has 0 radical (unpaired) electrons. The molecule has 1 aromatic rings. The van der Waals surface area contributed by atoms with E-state index in [0.29, 0.717) is 5.84 Å². The monoisotopic (exact) mass is 191 g/mol. The van der Waals surface area contributed by atoms with Crippen molar-refractivity contribution in [1.29, 1.82) is 0 Å². The van der Waals surface area contributed by atoms with E-state index in [9.17, 15) is 0 Å². The number of nitrogens with zero attached hydrogens (tertiary/aromatic N) is 1. The molecule has 3 heteroatoms. The van der Waals surface area contributed by atoms with Gasteiger partial charge < -0.3 is 11.6 Å².